The van der Waals surface area contributed by atoms with Crippen LogP contribution in [0.15, 0.2) is 0 Å². The molecule has 0 aliphatic carbocycles. The average Bonchev–Trinajstić information content (AvgIpc) is 2.15. The number of sulfonamides is 1. The number of nitrogens with one attached hydrogen (secondary N) is 1. The van der Waals surface area contributed by atoms with Gasteiger partial charge < -0.3 is 5.32 Å². The van der Waals surface area contributed by atoms with Crippen LogP contribution in [0.1, 0.15) is 33.1 Å². The first-order valence-electron chi connectivity index (χ1n) is 5.59. The van der Waals surface area contributed by atoms with Crippen molar-refractivity contribution >= 4 is 15.9 Å². The van der Waals surface area contributed by atoms with Gasteiger partial charge in [0.25, 0.3) is 0 Å². The van der Waals surface area contributed by atoms with Crippen molar-refractivity contribution in [1.82, 2.24) is 9.62 Å². The molecule has 1 atom stereocenters. The first-order chi connectivity index (χ1) is 7.32. The number of carbonyl (C=O) groups is 1. The van der Waals surface area contributed by atoms with E-state index in [4.69, 9.17) is 0 Å². The van der Waals surface area contributed by atoms with Crippen LogP contribution >= 0.6 is 0 Å². The SMILES string of the molecule is CC(C)NC(=O)[C@@H]1CCCCN1S(C)(=O)=O. The minimum atomic E-state index is -3.28. The van der Waals surface area contributed by atoms with Crippen molar-refractivity contribution in [1.29, 1.82) is 0 Å². The minimum Gasteiger partial charge on any atom is -0.353 e. The summed E-state index contributed by atoms with van der Waals surface area (Å²) in [5.41, 5.74) is 0. The first-order valence-corrected chi connectivity index (χ1v) is 7.44. The largest absolute Gasteiger partial charge is 0.353 e. The van der Waals surface area contributed by atoms with Crippen LogP contribution in [-0.4, -0.2) is 43.5 Å². The average molecular weight is 248 g/mol. The van der Waals surface area contributed by atoms with E-state index in [1.807, 2.05) is 13.8 Å². The summed E-state index contributed by atoms with van der Waals surface area (Å²) >= 11 is 0. The molecule has 1 fully saturated rings. The molecule has 0 radical (unpaired) electrons. The number of piperidine rings is 1. The van der Waals surface area contributed by atoms with E-state index in [0.29, 0.717) is 13.0 Å². The quantitative estimate of drug-likeness (QED) is 0.782. The number of rotatable bonds is 3. The topological polar surface area (TPSA) is 66.5 Å². The Morgan fingerprint density at radius 1 is 1.38 bits per heavy atom. The van der Waals surface area contributed by atoms with Gasteiger partial charge in [-0.05, 0) is 26.7 Å². The Labute approximate surface area is 97.2 Å². The second kappa shape index (κ2) is 5.14. The Balaban J connectivity index is 2.79. The highest BCUT2D eigenvalue weighted by Gasteiger charge is 2.34. The fourth-order valence-electron chi connectivity index (χ4n) is 1.94. The monoisotopic (exact) mass is 248 g/mol. The van der Waals surface area contributed by atoms with E-state index in [9.17, 15) is 13.2 Å². The van der Waals surface area contributed by atoms with Crippen LogP contribution in [0.2, 0.25) is 0 Å². The third-order valence-electron chi connectivity index (χ3n) is 2.61. The number of nitrogens with zero attached hydrogens (tertiary/aromatic N) is 1. The normalized spacial score (nSPS) is 23.4. The second-order valence-electron chi connectivity index (χ2n) is 4.55. The molecule has 0 aromatic heterocycles. The van der Waals surface area contributed by atoms with Crippen LogP contribution in [0.5, 0.6) is 0 Å². The van der Waals surface area contributed by atoms with Crippen molar-refractivity contribution in [3.8, 4) is 0 Å². The van der Waals surface area contributed by atoms with Gasteiger partial charge in [0.1, 0.15) is 6.04 Å². The molecule has 1 N–H and O–H groups in total. The fraction of sp³-hybridized carbons (Fsp3) is 0.900. The van der Waals surface area contributed by atoms with Crippen molar-refractivity contribution in [2.75, 3.05) is 12.8 Å². The van der Waals surface area contributed by atoms with Crippen molar-refractivity contribution in [2.24, 2.45) is 0 Å². The van der Waals surface area contributed by atoms with Crippen LogP contribution in [0.4, 0.5) is 0 Å². The van der Waals surface area contributed by atoms with Crippen LogP contribution in [0.3, 0.4) is 0 Å². The van der Waals surface area contributed by atoms with Crippen LogP contribution < -0.4 is 5.32 Å². The van der Waals surface area contributed by atoms with Gasteiger partial charge in [0.15, 0.2) is 0 Å². The van der Waals surface area contributed by atoms with E-state index in [1.54, 1.807) is 0 Å². The maximum atomic E-state index is 11.8. The van der Waals surface area contributed by atoms with Gasteiger partial charge in [-0.25, -0.2) is 8.42 Å². The summed E-state index contributed by atoms with van der Waals surface area (Å²) in [6.45, 7) is 4.19. The summed E-state index contributed by atoms with van der Waals surface area (Å²) in [4.78, 5) is 11.8. The smallest absolute Gasteiger partial charge is 0.238 e. The Bertz CT molecular complexity index is 351. The van der Waals surface area contributed by atoms with Gasteiger partial charge >= 0.3 is 0 Å². The number of carbonyl (C=O) groups excluding carboxylic acids is 1. The zero-order chi connectivity index (χ0) is 12.3. The zero-order valence-electron chi connectivity index (χ0n) is 10.1. The first kappa shape index (κ1) is 13.4. The molecule has 1 saturated heterocycles. The third-order valence-corrected chi connectivity index (χ3v) is 3.90. The van der Waals surface area contributed by atoms with Crippen molar-refractivity contribution < 1.29 is 13.2 Å². The molecule has 1 aliphatic rings. The van der Waals surface area contributed by atoms with E-state index in [2.05, 4.69) is 5.32 Å². The third kappa shape index (κ3) is 3.45. The second-order valence-corrected chi connectivity index (χ2v) is 6.48. The highest BCUT2D eigenvalue weighted by Crippen LogP contribution is 2.19. The summed E-state index contributed by atoms with van der Waals surface area (Å²) in [5.74, 6) is -0.180. The highest BCUT2D eigenvalue weighted by atomic mass is 32.2. The molecule has 1 amide bonds. The predicted octanol–water partition coefficient (Wildman–Crippen LogP) is 0.325. The molecule has 0 bridgehead atoms. The van der Waals surface area contributed by atoms with Gasteiger partial charge in [0.2, 0.25) is 15.9 Å². The standard InChI is InChI=1S/C10H20N2O3S/c1-8(2)11-10(13)9-6-4-5-7-12(9)16(3,14)15/h8-9H,4-7H2,1-3H3,(H,11,13)/t9-/m0/s1. The highest BCUT2D eigenvalue weighted by molar-refractivity contribution is 7.88. The van der Waals surface area contributed by atoms with E-state index in [-0.39, 0.29) is 11.9 Å². The van der Waals surface area contributed by atoms with E-state index >= 15 is 0 Å². The molecule has 1 rings (SSSR count). The molecular weight excluding hydrogens is 228 g/mol. The Morgan fingerprint density at radius 3 is 2.50 bits per heavy atom. The molecule has 5 nitrogen and oxygen atoms in total. The summed E-state index contributed by atoms with van der Waals surface area (Å²) < 4.78 is 24.4. The van der Waals surface area contributed by atoms with Crippen molar-refractivity contribution in [3.63, 3.8) is 0 Å². The van der Waals surface area contributed by atoms with E-state index in [1.165, 1.54) is 4.31 Å². The lowest BCUT2D eigenvalue weighted by Crippen LogP contribution is -2.52. The lowest BCUT2D eigenvalue weighted by atomic mass is 10.0. The molecule has 0 aromatic carbocycles. The number of hydrogen-bond acceptors (Lipinski definition) is 3. The molecule has 0 spiro atoms. The summed E-state index contributed by atoms with van der Waals surface area (Å²) in [6, 6.07) is -0.484. The van der Waals surface area contributed by atoms with Crippen LogP contribution in [-0.2, 0) is 14.8 Å². The maximum Gasteiger partial charge on any atom is 0.238 e. The van der Waals surface area contributed by atoms with Gasteiger partial charge in [0.05, 0.1) is 6.26 Å². The summed E-state index contributed by atoms with van der Waals surface area (Å²) in [5, 5.41) is 2.77. The number of hydrogen-bond donors (Lipinski definition) is 1. The minimum absolute atomic E-state index is 0.0378. The van der Waals surface area contributed by atoms with E-state index in [0.717, 1.165) is 19.1 Å². The summed E-state index contributed by atoms with van der Waals surface area (Å²) in [6.07, 6.45) is 3.51. The van der Waals surface area contributed by atoms with Gasteiger partial charge in [-0.1, -0.05) is 6.42 Å². The molecule has 1 heterocycles. The molecule has 0 unspecified atom stereocenters. The van der Waals surface area contributed by atoms with Gasteiger partial charge in [-0.3, -0.25) is 4.79 Å². The lowest BCUT2D eigenvalue weighted by molar-refractivity contribution is -0.126. The summed E-state index contributed by atoms with van der Waals surface area (Å²) in [7, 11) is -3.28. The molecule has 0 aromatic rings. The fourth-order valence-corrected chi connectivity index (χ4v) is 3.07. The van der Waals surface area contributed by atoms with Crippen LogP contribution in [0.25, 0.3) is 0 Å². The molecule has 6 heteroatoms. The van der Waals surface area contributed by atoms with Crippen molar-refractivity contribution in [2.45, 2.75) is 45.2 Å². The molecule has 1 aliphatic heterocycles. The molecule has 16 heavy (non-hydrogen) atoms. The molecule has 94 valence electrons. The molecular formula is C10H20N2O3S. The molecule has 0 saturated carbocycles. The Hall–Kier alpha value is -0.620. The Morgan fingerprint density at radius 2 is 2.00 bits per heavy atom. The van der Waals surface area contributed by atoms with Crippen LogP contribution in [0, 0.1) is 0 Å². The lowest BCUT2D eigenvalue weighted by Gasteiger charge is -2.33. The predicted molar refractivity (Wildman–Crippen MR) is 62.5 cm³/mol. The van der Waals surface area contributed by atoms with Gasteiger partial charge in [0, 0.05) is 12.6 Å². The number of amides is 1. The van der Waals surface area contributed by atoms with E-state index < -0.39 is 16.1 Å². The maximum absolute atomic E-state index is 11.8. The zero-order valence-corrected chi connectivity index (χ0v) is 10.9. The van der Waals surface area contributed by atoms with Crippen molar-refractivity contribution in [3.05, 3.63) is 0 Å². The van der Waals surface area contributed by atoms with Gasteiger partial charge in [-0.15, -0.1) is 0 Å². The van der Waals surface area contributed by atoms with Gasteiger partial charge in [-0.2, -0.15) is 4.31 Å². The Kier molecular flexibility index (Phi) is 4.32.